The summed E-state index contributed by atoms with van der Waals surface area (Å²) < 4.78 is 5.16. The van der Waals surface area contributed by atoms with Crippen LogP contribution in [0.2, 0.25) is 10.0 Å². The van der Waals surface area contributed by atoms with Crippen LogP contribution in [-0.2, 0) is 11.3 Å². The van der Waals surface area contributed by atoms with Crippen molar-refractivity contribution in [3.05, 3.63) is 27.7 Å². The Morgan fingerprint density at radius 2 is 1.89 bits per heavy atom. The molecule has 0 saturated heterocycles. The van der Waals surface area contributed by atoms with Gasteiger partial charge in [0, 0.05) is 26.2 Å². The summed E-state index contributed by atoms with van der Waals surface area (Å²) in [6.45, 7) is 6.76. The molecule has 1 atom stereocenters. The van der Waals surface area contributed by atoms with E-state index in [2.05, 4.69) is 18.7 Å². The van der Waals surface area contributed by atoms with E-state index in [0.717, 1.165) is 25.1 Å². The van der Waals surface area contributed by atoms with Crippen molar-refractivity contribution in [3.63, 3.8) is 0 Å². The molecule has 0 aromatic heterocycles. The second-order valence-corrected chi connectivity index (χ2v) is 5.51. The highest BCUT2D eigenvalue weighted by Gasteiger charge is 2.14. The van der Waals surface area contributed by atoms with Crippen LogP contribution in [0.15, 0.2) is 12.1 Å². The molecule has 0 aliphatic heterocycles. The summed E-state index contributed by atoms with van der Waals surface area (Å²) in [6.07, 6.45) is 1.08. The highest BCUT2D eigenvalue weighted by molar-refractivity contribution is 6.38. The molecule has 0 spiro atoms. The van der Waals surface area contributed by atoms with Crippen molar-refractivity contribution in [2.45, 2.75) is 32.9 Å². The number of halogens is 2. The molecule has 1 rings (SSSR count). The van der Waals surface area contributed by atoms with Crippen LogP contribution in [0.3, 0.4) is 0 Å². The van der Waals surface area contributed by atoms with Crippen molar-refractivity contribution >= 4 is 28.9 Å². The normalized spacial score (nSPS) is 12.9. The molecule has 1 unspecified atom stereocenters. The van der Waals surface area contributed by atoms with Gasteiger partial charge < -0.3 is 10.5 Å². The number of nitrogens with zero attached hydrogens (tertiary/aromatic N) is 1. The predicted octanol–water partition coefficient (Wildman–Crippen LogP) is 3.82. The zero-order valence-corrected chi connectivity index (χ0v) is 13.3. The molecule has 19 heavy (non-hydrogen) atoms. The molecule has 0 radical (unpaired) electrons. The molecule has 0 aliphatic carbocycles. The molecule has 0 amide bonds. The fraction of sp³-hybridized carbons (Fsp3) is 0.571. The molecule has 3 nitrogen and oxygen atoms in total. The number of rotatable bonds is 7. The van der Waals surface area contributed by atoms with Gasteiger partial charge in [0.15, 0.2) is 0 Å². The maximum absolute atomic E-state index is 6.07. The second kappa shape index (κ2) is 7.95. The van der Waals surface area contributed by atoms with E-state index < -0.39 is 0 Å². The summed E-state index contributed by atoms with van der Waals surface area (Å²) in [5, 5.41) is 1.02. The number of hydrogen-bond acceptors (Lipinski definition) is 3. The molecular formula is C14H22Cl2N2O. The summed E-state index contributed by atoms with van der Waals surface area (Å²) >= 11 is 12.1. The standard InChI is InChI=1S/C14H22Cl2N2O/c1-4-10(2)18(5-6-19-3)9-11-7-12(15)14(17)13(16)8-11/h7-8,10H,4-6,9,17H2,1-3H3. The van der Waals surface area contributed by atoms with E-state index in [1.54, 1.807) is 7.11 Å². The Balaban J connectivity index is 2.83. The average molecular weight is 305 g/mol. The van der Waals surface area contributed by atoms with E-state index in [4.69, 9.17) is 33.7 Å². The van der Waals surface area contributed by atoms with Crippen LogP contribution in [0.1, 0.15) is 25.8 Å². The molecule has 0 aliphatic rings. The number of nitrogens with two attached hydrogens (primary N) is 1. The van der Waals surface area contributed by atoms with Crippen LogP contribution in [-0.4, -0.2) is 31.2 Å². The van der Waals surface area contributed by atoms with Gasteiger partial charge in [-0.15, -0.1) is 0 Å². The van der Waals surface area contributed by atoms with Crippen LogP contribution in [0, 0.1) is 0 Å². The van der Waals surface area contributed by atoms with Gasteiger partial charge in [-0.1, -0.05) is 30.1 Å². The SMILES string of the molecule is CCC(C)N(CCOC)Cc1cc(Cl)c(N)c(Cl)c1. The van der Waals surface area contributed by atoms with E-state index in [1.165, 1.54) is 0 Å². The maximum Gasteiger partial charge on any atom is 0.0693 e. The third-order valence-corrected chi connectivity index (χ3v) is 3.95. The smallest absolute Gasteiger partial charge is 0.0693 e. The Morgan fingerprint density at radius 3 is 2.37 bits per heavy atom. The minimum atomic E-state index is 0.444. The van der Waals surface area contributed by atoms with E-state index in [-0.39, 0.29) is 0 Å². The van der Waals surface area contributed by atoms with Crippen molar-refractivity contribution in [1.29, 1.82) is 0 Å². The first-order valence-corrected chi connectivity index (χ1v) is 7.21. The molecule has 5 heteroatoms. The molecule has 0 bridgehead atoms. The van der Waals surface area contributed by atoms with E-state index in [1.807, 2.05) is 12.1 Å². The number of ether oxygens (including phenoxy) is 1. The quantitative estimate of drug-likeness (QED) is 0.778. The van der Waals surface area contributed by atoms with E-state index in [9.17, 15) is 0 Å². The van der Waals surface area contributed by atoms with Crippen molar-refractivity contribution in [2.24, 2.45) is 0 Å². The lowest BCUT2D eigenvalue weighted by Crippen LogP contribution is -2.34. The van der Waals surface area contributed by atoms with Crippen LogP contribution in [0.4, 0.5) is 5.69 Å². The van der Waals surface area contributed by atoms with E-state index in [0.29, 0.717) is 28.4 Å². The fourth-order valence-electron chi connectivity index (χ4n) is 1.88. The van der Waals surface area contributed by atoms with Gasteiger partial charge in [0.1, 0.15) is 0 Å². The van der Waals surface area contributed by atoms with Crippen molar-refractivity contribution in [2.75, 3.05) is 26.0 Å². The third kappa shape index (κ3) is 4.84. The van der Waals surface area contributed by atoms with Gasteiger partial charge in [0.25, 0.3) is 0 Å². The third-order valence-electron chi connectivity index (χ3n) is 3.32. The lowest BCUT2D eigenvalue weighted by atomic mass is 10.1. The van der Waals surface area contributed by atoms with Gasteiger partial charge >= 0.3 is 0 Å². The zero-order chi connectivity index (χ0) is 14.4. The number of methoxy groups -OCH3 is 1. The minimum absolute atomic E-state index is 0.444. The zero-order valence-electron chi connectivity index (χ0n) is 11.7. The first kappa shape index (κ1) is 16.6. The summed E-state index contributed by atoms with van der Waals surface area (Å²) in [7, 11) is 1.71. The summed E-state index contributed by atoms with van der Waals surface area (Å²) in [4.78, 5) is 2.35. The minimum Gasteiger partial charge on any atom is -0.396 e. The molecule has 108 valence electrons. The fourth-order valence-corrected chi connectivity index (χ4v) is 2.42. The number of nitrogen functional groups attached to an aromatic ring is 1. The highest BCUT2D eigenvalue weighted by Crippen LogP contribution is 2.29. The van der Waals surface area contributed by atoms with Gasteiger partial charge in [-0.3, -0.25) is 4.90 Å². The Kier molecular flexibility index (Phi) is 6.94. The summed E-state index contributed by atoms with van der Waals surface area (Å²) in [5.41, 5.74) is 7.26. The van der Waals surface area contributed by atoms with Gasteiger partial charge in [-0.2, -0.15) is 0 Å². The maximum atomic E-state index is 6.07. The van der Waals surface area contributed by atoms with Crippen LogP contribution >= 0.6 is 23.2 Å². The molecule has 0 saturated carbocycles. The highest BCUT2D eigenvalue weighted by atomic mass is 35.5. The Labute approximate surface area is 125 Å². The average Bonchev–Trinajstić information content (AvgIpc) is 2.39. The number of anilines is 1. The lowest BCUT2D eigenvalue weighted by molar-refractivity contribution is 0.118. The molecule has 1 aromatic rings. The van der Waals surface area contributed by atoms with Crippen molar-refractivity contribution in [1.82, 2.24) is 4.90 Å². The lowest BCUT2D eigenvalue weighted by Gasteiger charge is -2.28. The topological polar surface area (TPSA) is 38.5 Å². The van der Waals surface area contributed by atoms with Gasteiger partial charge in [0.05, 0.1) is 22.3 Å². The van der Waals surface area contributed by atoms with Crippen LogP contribution in [0.5, 0.6) is 0 Å². The second-order valence-electron chi connectivity index (χ2n) is 4.69. The Hall–Kier alpha value is -0.480. The van der Waals surface area contributed by atoms with Gasteiger partial charge in [0.2, 0.25) is 0 Å². The van der Waals surface area contributed by atoms with Crippen LogP contribution in [0.25, 0.3) is 0 Å². The predicted molar refractivity (Wildman–Crippen MR) is 82.9 cm³/mol. The largest absolute Gasteiger partial charge is 0.396 e. The number of hydrogen-bond donors (Lipinski definition) is 1. The molecule has 0 fully saturated rings. The van der Waals surface area contributed by atoms with E-state index >= 15 is 0 Å². The van der Waals surface area contributed by atoms with Crippen molar-refractivity contribution in [3.8, 4) is 0 Å². The molecule has 2 N–H and O–H groups in total. The molecule has 1 aromatic carbocycles. The molecular weight excluding hydrogens is 283 g/mol. The Morgan fingerprint density at radius 1 is 1.32 bits per heavy atom. The molecule has 0 heterocycles. The summed E-state index contributed by atoms with van der Waals surface area (Å²) in [6, 6.07) is 4.24. The van der Waals surface area contributed by atoms with Gasteiger partial charge in [-0.25, -0.2) is 0 Å². The van der Waals surface area contributed by atoms with Crippen molar-refractivity contribution < 1.29 is 4.74 Å². The Bertz CT molecular complexity index is 389. The van der Waals surface area contributed by atoms with Gasteiger partial charge in [-0.05, 0) is 31.0 Å². The van der Waals surface area contributed by atoms with Crippen LogP contribution < -0.4 is 5.73 Å². The monoisotopic (exact) mass is 304 g/mol. The first-order chi connectivity index (χ1) is 8.99. The summed E-state index contributed by atoms with van der Waals surface area (Å²) in [5.74, 6) is 0. The first-order valence-electron chi connectivity index (χ1n) is 6.46. The number of benzene rings is 1.